The van der Waals surface area contributed by atoms with Crippen molar-refractivity contribution in [3.8, 4) is 0 Å². The molecule has 4 nitrogen and oxygen atoms in total. The van der Waals surface area contributed by atoms with E-state index in [9.17, 15) is 9.90 Å². The van der Waals surface area contributed by atoms with Gasteiger partial charge in [-0.3, -0.25) is 4.79 Å². The van der Waals surface area contributed by atoms with Crippen LogP contribution in [-0.2, 0) is 0 Å². The zero-order valence-corrected chi connectivity index (χ0v) is 10.2. The monoisotopic (exact) mass is 254 g/mol. The van der Waals surface area contributed by atoms with E-state index in [4.69, 9.17) is 11.6 Å². The lowest BCUT2D eigenvalue weighted by Gasteiger charge is -2.10. The third kappa shape index (κ3) is 3.41. The normalized spacial score (nSPS) is 23.6. The molecular formula is C12H15ClN2O2. The molecule has 0 bridgehead atoms. The molecule has 0 aromatic carbocycles. The molecule has 0 aliphatic heterocycles. The molecule has 1 aliphatic carbocycles. The number of nitrogens with one attached hydrogen (secondary N) is 1. The first kappa shape index (κ1) is 12.3. The van der Waals surface area contributed by atoms with E-state index in [2.05, 4.69) is 10.3 Å². The number of nitrogens with zero attached hydrogens (tertiary/aromatic N) is 1. The predicted octanol–water partition coefficient (Wildman–Crippen LogP) is 1.63. The molecule has 2 atom stereocenters. The average Bonchev–Trinajstić information content (AvgIpc) is 2.72. The summed E-state index contributed by atoms with van der Waals surface area (Å²) in [4.78, 5) is 15.7. The number of aliphatic hydroxyl groups excluding tert-OH is 1. The lowest BCUT2D eigenvalue weighted by molar-refractivity contribution is 0.0940. The maximum atomic E-state index is 11.7. The number of aliphatic hydroxyl groups is 1. The van der Waals surface area contributed by atoms with Crippen molar-refractivity contribution in [1.82, 2.24) is 10.3 Å². The number of aromatic nitrogens is 1. The summed E-state index contributed by atoms with van der Waals surface area (Å²) in [7, 11) is 0. The van der Waals surface area contributed by atoms with Gasteiger partial charge in [-0.25, -0.2) is 4.98 Å². The van der Waals surface area contributed by atoms with E-state index < -0.39 is 0 Å². The smallest absolute Gasteiger partial charge is 0.269 e. The maximum Gasteiger partial charge on any atom is 0.269 e. The topological polar surface area (TPSA) is 62.2 Å². The molecule has 0 radical (unpaired) electrons. The highest BCUT2D eigenvalue weighted by molar-refractivity contribution is 6.29. The summed E-state index contributed by atoms with van der Waals surface area (Å²) in [5.41, 5.74) is 0.330. The van der Waals surface area contributed by atoms with E-state index in [1.165, 1.54) is 0 Å². The first-order chi connectivity index (χ1) is 8.15. The summed E-state index contributed by atoms with van der Waals surface area (Å²) in [6.07, 6.45) is 2.35. The molecule has 1 saturated carbocycles. The summed E-state index contributed by atoms with van der Waals surface area (Å²) < 4.78 is 0. The lowest BCUT2D eigenvalue weighted by Crippen LogP contribution is -2.29. The van der Waals surface area contributed by atoms with Crippen molar-refractivity contribution in [2.24, 2.45) is 5.92 Å². The van der Waals surface area contributed by atoms with Crippen molar-refractivity contribution in [2.75, 3.05) is 6.54 Å². The van der Waals surface area contributed by atoms with Crippen LogP contribution in [0.3, 0.4) is 0 Å². The van der Waals surface area contributed by atoms with Crippen LogP contribution in [0, 0.1) is 5.92 Å². The number of rotatable bonds is 3. The molecule has 1 aromatic heterocycles. The Bertz CT molecular complexity index is 411. The number of carbonyl (C=O) groups is 1. The highest BCUT2D eigenvalue weighted by atomic mass is 35.5. The van der Waals surface area contributed by atoms with Crippen LogP contribution in [0.1, 0.15) is 29.8 Å². The Balaban J connectivity index is 1.85. The second-order valence-corrected chi connectivity index (χ2v) is 4.78. The van der Waals surface area contributed by atoms with Gasteiger partial charge >= 0.3 is 0 Å². The Labute approximate surface area is 105 Å². The zero-order valence-electron chi connectivity index (χ0n) is 9.40. The highest BCUT2D eigenvalue weighted by Crippen LogP contribution is 2.24. The van der Waals surface area contributed by atoms with E-state index in [0.717, 1.165) is 19.3 Å². The van der Waals surface area contributed by atoms with Crippen molar-refractivity contribution >= 4 is 17.5 Å². The van der Waals surface area contributed by atoms with E-state index >= 15 is 0 Å². The largest absolute Gasteiger partial charge is 0.393 e. The Morgan fingerprint density at radius 3 is 3.00 bits per heavy atom. The molecule has 0 spiro atoms. The van der Waals surface area contributed by atoms with E-state index in [0.29, 0.717) is 23.3 Å². The fourth-order valence-corrected chi connectivity index (χ4v) is 2.26. The van der Waals surface area contributed by atoms with Crippen LogP contribution in [0.5, 0.6) is 0 Å². The van der Waals surface area contributed by atoms with Gasteiger partial charge in [0.1, 0.15) is 10.8 Å². The van der Waals surface area contributed by atoms with E-state index in [1.54, 1.807) is 18.2 Å². The highest BCUT2D eigenvalue weighted by Gasteiger charge is 2.23. The van der Waals surface area contributed by atoms with E-state index in [1.807, 2.05) is 0 Å². The molecule has 1 amide bonds. The second-order valence-electron chi connectivity index (χ2n) is 4.39. The Hall–Kier alpha value is -1.13. The van der Waals surface area contributed by atoms with Gasteiger partial charge in [0.05, 0.1) is 6.10 Å². The van der Waals surface area contributed by atoms with Crippen molar-refractivity contribution in [1.29, 1.82) is 0 Å². The van der Waals surface area contributed by atoms with E-state index in [-0.39, 0.29) is 12.0 Å². The molecule has 5 heteroatoms. The number of hydrogen-bond acceptors (Lipinski definition) is 3. The molecule has 2 N–H and O–H groups in total. The van der Waals surface area contributed by atoms with Crippen molar-refractivity contribution in [3.63, 3.8) is 0 Å². The summed E-state index contributed by atoms with van der Waals surface area (Å²) >= 11 is 5.71. The van der Waals surface area contributed by atoms with Gasteiger partial charge in [-0.2, -0.15) is 0 Å². The number of carbonyl (C=O) groups excluding carboxylic acids is 1. The molecule has 0 saturated heterocycles. The quantitative estimate of drug-likeness (QED) is 0.806. The van der Waals surface area contributed by atoms with Gasteiger partial charge in [0.25, 0.3) is 5.91 Å². The van der Waals surface area contributed by atoms with Gasteiger partial charge in [0.2, 0.25) is 0 Å². The maximum absolute atomic E-state index is 11.7. The molecule has 1 fully saturated rings. The summed E-state index contributed by atoms with van der Waals surface area (Å²) in [5.74, 6) is 0.155. The summed E-state index contributed by atoms with van der Waals surface area (Å²) in [5, 5.41) is 12.5. The van der Waals surface area contributed by atoms with Gasteiger partial charge in [-0.1, -0.05) is 17.7 Å². The van der Waals surface area contributed by atoms with Crippen LogP contribution in [-0.4, -0.2) is 28.6 Å². The van der Waals surface area contributed by atoms with Crippen molar-refractivity contribution in [2.45, 2.75) is 25.4 Å². The van der Waals surface area contributed by atoms with Gasteiger partial charge in [-0.05, 0) is 37.3 Å². The number of hydrogen-bond donors (Lipinski definition) is 2. The summed E-state index contributed by atoms with van der Waals surface area (Å²) in [6.45, 7) is 0.587. The molecule has 92 valence electrons. The minimum Gasteiger partial charge on any atom is -0.393 e. The van der Waals surface area contributed by atoms with Crippen LogP contribution in [0.2, 0.25) is 5.15 Å². The Kier molecular flexibility index (Phi) is 3.97. The Morgan fingerprint density at radius 2 is 2.35 bits per heavy atom. The molecule has 1 aromatic rings. The van der Waals surface area contributed by atoms with Gasteiger partial charge in [0.15, 0.2) is 0 Å². The number of amides is 1. The predicted molar refractivity (Wildman–Crippen MR) is 64.9 cm³/mol. The standard InChI is InChI=1S/C12H15ClN2O2/c13-11-3-1-2-10(15-11)12(17)14-7-8-4-5-9(16)6-8/h1-3,8-9,16H,4-7H2,(H,14,17). The third-order valence-corrected chi connectivity index (χ3v) is 3.22. The molecule has 2 unspecified atom stereocenters. The lowest BCUT2D eigenvalue weighted by atomic mass is 10.1. The first-order valence-corrected chi connectivity index (χ1v) is 6.12. The fraction of sp³-hybridized carbons (Fsp3) is 0.500. The van der Waals surface area contributed by atoms with Gasteiger partial charge < -0.3 is 10.4 Å². The van der Waals surface area contributed by atoms with Crippen LogP contribution in [0.4, 0.5) is 0 Å². The van der Waals surface area contributed by atoms with Gasteiger partial charge in [-0.15, -0.1) is 0 Å². The van der Waals surface area contributed by atoms with Crippen molar-refractivity contribution < 1.29 is 9.90 Å². The minimum atomic E-state index is -0.214. The SMILES string of the molecule is O=C(NCC1CCC(O)C1)c1cccc(Cl)n1. The first-order valence-electron chi connectivity index (χ1n) is 5.74. The molecule has 2 rings (SSSR count). The molecule has 17 heavy (non-hydrogen) atoms. The Morgan fingerprint density at radius 1 is 1.53 bits per heavy atom. The summed E-state index contributed by atoms with van der Waals surface area (Å²) in [6, 6.07) is 4.96. The average molecular weight is 255 g/mol. The second kappa shape index (κ2) is 5.47. The van der Waals surface area contributed by atoms with Gasteiger partial charge in [0, 0.05) is 6.54 Å². The zero-order chi connectivity index (χ0) is 12.3. The molecule has 1 aliphatic rings. The van der Waals surface area contributed by atoms with Crippen molar-refractivity contribution in [3.05, 3.63) is 29.0 Å². The molecule has 1 heterocycles. The van der Waals surface area contributed by atoms with Crippen LogP contribution in [0.25, 0.3) is 0 Å². The fourth-order valence-electron chi connectivity index (χ4n) is 2.10. The van der Waals surface area contributed by atoms with Crippen LogP contribution < -0.4 is 5.32 Å². The number of pyridine rings is 1. The minimum absolute atomic E-state index is 0.207. The molecular weight excluding hydrogens is 240 g/mol. The van der Waals surface area contributed by atoms with Crippen LogP contribution in [0.15, 0.2) is 18.2 Å². The number of halogens is 1. The van der Waals surface area contributed by atoms with Crippen LogP contribution >= 0.6 is 11.6 Å². The third-order valence-electron chi connectivity index (χ3n) is 3.01.